The van der Waals surface area contributed by atoms with Gasteiger partial charge >= 0.3 is 0 Å². The normalized spacial score (nSPS) is 36.7. The number of fused-ring (bicyclic) bond motifs is 5. The summed E-state index contributed by atoms with van der Waals surface area (Å²) in [6.45, 7) is 13.5. The first-order valence-corrected chi connectivity index (χ1v) is 16.6. The standard InChI is InChI=1S/C36H58N2O/c1-24(2)9-6-10-25(3)30-16-17-31-28-15-14-26-23-27(18-20-35(26,4)32(28)19-21-36(30,31)5)39-22-8-11-29-33(37)12-7-13-34(29)38/h7,12-14,24-25,27-28,30-32H,6,8-11,15-23,37-38H2,1-5H3/t25-,27?,28?,30-,31?,32?,35+,36-/m1/s1. The van der Waals surface area contributed by atoms with Crippen LogP contribution >= 0.6 is 0 Å². The second kappa shape index (κ2) is 11.8. The summed E-state index contributed by atoms with van der Waals surface area (Å²) in [6, 6.07) is 5.83. The van der Waals surface area contributed by atoms with Gasteiger partial charge in [-0.05, 0) is 128 Å². The van der Waals surface area contributed by atoms with E-state index in [0.29, 0.717) is 16.9 Å². The lowest BCUT2D eigenvalue weighted by atomic mass is 9.47. The molecule has 1 aromatic carbocycles. The van der Waals surface area contributed by atoms with Gasteiger partial charge in [-0.1, -0.05) is 71.6 Å². The number of ether oxygens (including phenoxy) is 1. The average Bonchev–Trinajstić information content (AvgIpc) is 3.25. The molecule has 0 spiro atoms. The Morgan fingerprint density at radius 2 is 1.69 bits per heavy atom. The number of nitrogens with two attached hydrogens (primary N) is 2. The van der Waals surface area contributed by atoms with E-state index in [1.165, 1.54) is 64.2 Å². The van der Waals surface area contributed by atoms with Crippen LogP contribution in [0.1, 0.15) is 117 Å². The van der Waals surface area contributed by atoms with Crippen molar-refractivity contribution in [1.82, 2.24) is 0 Å². The first-order chi connectivity index (χ1) is 18.6. The molecule has 8 atom stereocenters. The van der Waals surface area contributed by atoms with Gasteiger partial charge in [-0.25, -0.2) is 0 Å². The molecule has 0 heterocycles. The number of nitrogen functional groups attached to an aromatic ring is 2. The summed E-state index contributed by atoms with van der Waals surface area (Å²) in [7, 11) is 0. The summed E-state index contributed by atoms with van der Waals surface area (Å²) >= 11 is 0. The summed E-state index contributed by atoms with van der Waals surface area (Å²) in [4.78, 5) is 0. The minimum Gasteiger partial charge on any atom is -0.398 e. The van der Waals surface area contributed by atoms with Crippen LogP contribution in [0.15, 0.2) is 29.8 Å². The summed E-state index contributed by atoms with van der Waals surface area (Å²) in [5, 5.41) is 0. The molecule has 39 heavy (non-hydrogen) atoms. The monoisotopic (exact) mass is 534 g/mol. The Morgan fingerprint density at radius 3 is 2.44 bits per heavy atom. The number of benzene rings is 1. The zero-order valence-corrected chi connectivity index (χ0v) is 25.8. The van der Waals surface area contributed by atoms with E-state index >= 15 is 0 Å². The zero-order valence-electron chi connectivity index (χ0n) is 25.8. The van der Waals surface area contributed by atoms with Gasteiger partial charge in [0.05, 0.1) is 6.10 Å². The molecule has 3 fully saturated rings. The molecule has 4 N–H and O–H groups in total. The van der Waals surface area contributed by atoms with E-state index in [2.05, 4.69) is 40.7 Å². The van der Waals surface area contributed by atoms with Gasteiger partial charge in [-0.15, -0.1) is 0 Å². The van der Waals surface area contributed by atoms with Crippen molar-refractivity contribution in [3.05, 3.63) is 35.4 Å². The molecule has 0 aromatic heterocycles. The van der Waals surface area contributed by atoms with Gasteiger partial charge in [-0.2, -0.15) is 0 Å². The molecule has 0 bridgehead atoms. The first-order valence-electron chi connectivity index (χ1n) is 16.6. The van der Waals surface area contributed by atoms with Crippen LogP contribution in [-0.2, 0) is 11.2 Å². The minimum atomic E-state index is 0.378. The predicted octanol–water partition coefficient (Wildman–Crippen LogP) is 9.21. The number of hydrogen-bond donors (Lipinski definition) is 2. The van der Waals surface area contributed by atoms with Gasteiger partial charge in [0.2, 0.25) is 0 Å². The molecule has 3 saturated carbocycles. The summed E-state index contributed by atoms with van der Waals surface area (Å²) in [5.74, 6) is 5.41. The van der Waals surface area contributed by atoms with Crippen molar-refractivity contribution >= 4 is 11.4 Å². The Labute approximate surface area is 239 Å². The average molecular weight is 535 g/mol. The van der Waals surface area contributed by atoms with Gasteiger partial charge in [-0.3, -0.25) is 0 Å². The number of allylic oxidation sites excluding steroid dienone is 1. The number of anilines is 2. The highest BCUT2D eigenvalue weighted by atomic mass is 16.5. The van der Waals surface area contributed by atoms with Gasteiger partial charge in [0, 0.05) is 18.0 Å². The molecule has 3 heteroatoms. The van der Waals surface area contributed by atoms with Gasteiger partial charge < -0.3 is 16.2 Å². The lowest BCUT2D eigenvalue weighted by Crippen LogP contribution is -2.51. The molecule has 218 valence electrons. The smallest absolute Gasteiger partial charge is 0.0612 e. The fourth-order valence-electron chi connectivity index (χ4n) is 10.2. The van der Waals surface area contributed by atoms with Crippen molar-refractivity contribution in [3.63, 3.8) is 0 Å². The Kier molecular flexibility index (Phi) is 8.77. The Bertz CT molecular complexity index is 995. The van der Waals surface area contributed by atoms with Crippen LogP contribution < -0.4 is 11.5 Å². The third-order valence-corrected chi connectivity index (χ3v) is 12.4. The Hall–Kier alpha value is -1.48. The van der Waals surface area contributed by atoms with Crippen LogP contribution in [0.5, 0.6) is 0 Å². The summed E-state index contributed by atoms with van der Waals surface area (Å²) in [5.41, 5.74) is 17.7. The fraction of sp³-hybridized carbons (Fsp3) is 0.778. The summed E-state index contributed by atoms with van der Waals surface area (Å²) in [6.07, 6.45) is 20.1. The van der Waals surface area contributed by atoms with Crippen LogP contribution in [0.3, 0.4) is 0 Å². The van der Waals surface area contributed by atoms with Gasteiger partial charge in [0.1, 0.15) is 0 Å². The maximum Gasteiger partial charge on any atom is 0.0612 e. The van der Waals surface area contributed by atoms with Crippen LogP contribution in [-0.4, -0.2) is 12.7 Å². The summed E-state index contributed by atoms with van der Waals surface area (Å²) < 4.78 is 6.46. The Balaban J connectivity index is 1.17. The molecule has 4 aliphatic rings. The number of rotatable bonds is 10. The molecule has 0 amide bonds. The van der Waals surface area contributed by atoms with E-state index in [0.717, 1.165) is 78.3 Å². The highest BCUT2D eigenvalue weighted by molar-refractivity contribution is 5.61. The van der Waals surface area contributed by atoms with Crippen LogP contribution in [0.4, 0.5) is 11.4 Å². The van der Waals surface area contributed by atoms with Gasteiger partial charge in [0.15, 0.2) is 0 Å². The predicted molar refractivity (Wildman–Crippen MR) is 166 cm³/mol. The molecule has 0 radical (unpaired) electrons. The molecule has 0 aliphatic heterocycles. The highest BCUT2D eigenvalue weighted by Gasteiger charge is 2.59. The lowest BCUT2D eigenvalue weighted by Gasteiger charge is -2.58. The maximum absolute atomic E-state index is 6.46. The lowest BCUT2D eigenvalue weighted by molar-refractivity contribution is -0.0640. The molecule has 1 aromatic rings. The van der Waals surface area contributed by atoms with Crippen molar-refractivity contribution in [2.24, 2.45) is 46.3 Å². The molecule has 5 rings (SSSR count). The van der Waals surface area contributed by atoms with E-state index in [9.17, 15) is 0 Å². The van der Waals surface area contributed by atoms with Crippen molar-refractivity contribution in [2.45, 2.75) is 124 Å². The van der Waals surface area contributed by atoms with Crippen LogP contribution in [0.25, 0.3) is 0 Å². The number of hydrogen-bond acceptors (Lipinski definition) is 3. The molecular formula is C36H58N2O. The zero-order chi connectivity index (χ0) is 27.8. The highest BCUT2D eigenvalue weighted by Crippen LogP contribution is 2.67. The molecule has 4 unspecified atom stereocenters. The van der Waals surface area contributed by atoms with Crippen LogP contribution in [0, 0.1) is 46.3 Å². The SMILES string of the molecule is CC(C)CCC[C@@H](C)[C@H]1CCC2C3CC=C4CC(OCCCc5c(N)cccc5N)CC[C@]4(C)C3CC[C@@]21C. The molecule has 0 saturated heterocycles. The van der Waals surface area contributed by atoms with E-state index in [4.69, 9.17) is 16.2 Å². The van der Waals surface area contributed by atoms with Crippen molar-refractivity contribution in [2.75, 3.05) is 18.1 Å². The topological polar surface area (TPSA) is 61.3 Å². The fourth-order valence-corrected chi connectivity index (χ4v) is 10.2. The van der Waals surface area contributed by atoms with Crippen molar-refractivity contribution in [3.8, 4) is 0 Å². The van der Waals surface area contributed by atoms with Gasteiger partial charge in [0.25, 0.3) is 0 Å². The van der Waals surface area contributed by atoms with Crippen molar-refractivity contribution < 1.29 is 4.74 Å². The van der Waals surface area contributed by atoms with E-state index in [1.54, 1.807) is 5.57 Å². The Morgan fingerprint density at radius 1 is 0.923 bits per heavy atom. The largest absolute Gasteiger partial charge is 0.398 e. The first kappa shape index (κ1) is 29.0. The van der Waals surface area contributed by atoms with Crippen LogP contribution in [0.2, 0.25) is 0 Å². The molecule has 3 nitrogen and oxygen atoms in total. The van der Waals surface area contributed by atoms with Crippen molar-refractivity contribution in [1.29, 1.82) is 0 Å². The van der Waals surface area contributed by atoms with E-state index < -0.39 is 0 Å². The third kappa shape index (κ3) is 5.68. The quantitative estimate of drug-likeness (QED) is 0.179. The molecule has 4 aliphatic carbocycles. The second-order valence-corrected chi connectivity index (χ2v) is 15.0. The second-order valence-electron chi connectivity index (χ2n) is 15.0. The third-order valence-electron chi connectivity index (χ3n) is 12.4. The minimum absolute atomic E-state index is 0.378. The van der Waals surface area contributed by atoms with E-state index in [-0.39, 0.29) is 0 Å². The maximum atomic E-state index is 6.46. The van der Waals surface area contributed by atoms with E-state index in [1.807, 2.05) is 18.2 Å². The molecular weight excluding hydrogens is 476 g/mol.